The number of amides is 1. The van der Waals surface area contributed by atoms with Crippen molar-refractivity contribution in [1.29, 1.82) is 0 Å². The number of carbonyl (C=O) groups excluding carboxylic acids is 1. The molecule has 1 aromatic heterocycles. The Morgan fingerprint density at radius 1 is 1.85 bits per heavy atom. The smallest absolute Gasteiger partial charge is 0.231 e. The Labute approximate surface area is 76.9 Å². The average Bonchev–Trinajstić information content (AvgIpc) is 2.47. The molecule has 72 valence electrons. The molecule has 0 aliphatic carbocycles. The third kappa shape index (κ3) is 2.55. The first-order valence-electron chi connectivity index (χ1n) is 4.11. The average molecular weight is 182 g/mol. The Morgan fingerprint density at radius 3 is 3.00 bits per heavy atom. The molecular formula is C8H14N4O. The van der Waals surface area contributed by atoms with Crippen LogP contribution in [0.1, 0.15) is 18.7 Å². The molecule has 1 aromatic rings. The fraction of sp³-hybridized carbons (Fsp3) is 0.500. The minimum Gasteiger partial charge on any atom is -0.369 e. The second-order valence-electron chi connectivity index (χ2n) is 2.95. The van der Waals surface area contributed by atoms with Crippen molar-refractivity contribution >= 4 is 5.91 Å². The molecule has 1 rings (SSSR count). The maximum atomic E-state index is 10.5. The van der Waals surface area contributed by atoms with Crippen LogP contribution < -0.4 is 11.1 Å². The third-order valence-corrected chi connectivity index (χ3v) is 1.88. The summed E-state index contributed by atoms with van der Waals surface area (Å²) in [6.45, 7) is 2.15. The van der Waals surface area contributed by atoms with Crippen LogP contribution in [0.2, 0.25) is 0 Å². The normalized spacial score (nSPS) is 12.8. The van der Waals surface area contributed by atoms with Gasteiger partial charge < -0.3 is 11.1 Å². The van der Waals surface area contributed by atoms with Gasteiger partial charge in [-0.15, -0.1) is 0 Å². The predicted molar refractivity (Wildman–Crippen MR) is 48.8 cm³/mol. The molecular weight excluding hydrogens is 168 g/mol. The van der Waals surface area contributed by atoms with Gasteiger partial charge in [-0.05, 0) is 13.0 Å². The van der Waals surface area contributed by atoms with Crippen molar-refractivity contribution in [1.82, 2.24) is 15.1 Å². The molecule has 0 aromatic carbocycles. The molecule has 1 unspecified atom stereocenters. The minimum absolute atomic E-state index is 0.0833. The van der Waals surface area contributed by atoms with E-state index >= 15 is 0 Å². The standard InChI is InChI=1S/C8H14N4O/c1-6(10-5-8(9)13)7-3-4-11-12(7)2/h3-4,6,10H,5H2,1-2H3,(H2,9,13). The van der Waals surface area contributed by atoms with Gasteiger partial charge in [-0.2, -0.15) is 5.10 Å². The highest BCUT2D eigenvalue weighted by molar-refractivity contribution is 5.75. The van der Waals surface area contributed by atoms with Crippen LogP contribution in [0.25, 0.3) is 0 Å². The Morgan fingerprint density at radius 2 is 2.54 bits per heavy atom. The number of aromatic nitrogens is 2. The van der Waals surface area contributed by atoms with Crippen LogP contribution in [-0.4, -0.2) is 22.2 Å². The van der Waals surface area contributed by atoms with Crippen LogP contribution in [0, 0.1) is 0 Å². The van der Waals surface area contributed by atoms with E-state index in [1.807, 2.05) is 20.0 Å². The zero-order chi connectivity index (χ0) is 9.84. The summed E-state index contributed by atoms with van der Waals surface area (Å²) in [6, 6.07) is 1.98. The van der Waals surface area contributed by atoms with Gasteiger partial charge in [0, 0.05) is 19.3 Å². The Bertz CT molecular complexity index is 294. The monoisotopic (exact) mass is 182 g/mol. The second-order valence-corrected chi connectivity index (χ2v) is 2.95. The fourth-order valence-electron chi connectivity index (χ4n) is 1.17. The highest BCUT2D eigenvalue weighted by Gasteiger charge is 2.08. The lowest BCUT2D eigenvalue weighted by Crippen LogP contribution is -2.31. The SMILES string of the molecule is CC(NCC(N)=O)c1ccnn1C. The number of nitrogens with one attached hydrogen (secondary N) is 1. The van der Waals surface area contributed by atoms with E-state index in [9.17, 15) is 4.79 Å². The second kappa shape index (κ2) is 4.04. The molecule has 0 saturated heterocycles. The van der Waals surface area contributed by atoms with Crippen molar-refractivity contribution in [2.24, 2.45) is 12.8 Å². The van der Waals surface area contributed by atoms with Crippen LogP contribution >= 0.6 is 0 Å². The first-order valence-corrected chi connectivity index (χ1v) is 4.11. The summed E-state index contributed by atoms with van der Waals surface area (Å²) in [5, 5.41) is 7.02. The van der Waals surface area contributed by atoms with Crippen molar-refractivity contribution in [3.05, 3.63) is 18.0 Å². The molecule has 5 heteroatoms. The minimum atomic E-state index is -0.353. The maximum absolute atomic E-state index is 10.5. The summed E-state index contributed by atoms with van der Waals surface area (Å²) in [6.07, 6.45) is 1.72. The summed E-state index contributed by atoms with van der Waals surface area (Å²) in [5.74, 6) is -0.353. The summed E-state index contributed by atoms with van der Waals surface area (Å²) in [7, 11) is 1.86. The van der Waals surface area contributed by atoms with Gasteiger partial charge in [0.05, 0.1) is 12.2 Å². The van der Waals surface area contributed by atoms with E-state index in [0.717, 1.165) is 5.69 Å². The number of aryl methyl sites for hydroxylation is 1. The molecule has 1 atom stereocenters. The van der Waals surface area contributed by atoms with E-state index in [-0.39, 0.29) is 18.5 Å². The highest BCUT2D eigenvalue weighted by atomic mass is 16.1. The molecule has 1 amide bonds. The lowest BCUT2D eigenvalue weighted by Gasteiger charge is -2.12. The predicted octanol–water partition coefficient (Wildman–Crippen LogP) is -0.444. The summed E-state index contributed by atoms with van der Waals surface area (Å²) < 4.78 is 1.76. The zero-order valence-electron chi connectivity index (χ0n) is 7.82. The van der Waals surface area contributed by atoms with Gasteiger partial charge in [-0.1, -0.05) is 0 Å². The van der Waals surface area contributed by atoms with Crippen LogP contribution in [0.4, 0.5) is 0 Å². The van der Waals surface area contributed by atoms with E-state index in [2.05, 4.69) is 10.4 Å². The van der Waals surface area contributed by atoms with Crippen molar-refractivity contribution < 1.29 is 4.79 Å². The van der Waals surface area contributed by atoms with Gasteiger partial charge in [0.25, 0.3) is 0 Å². The summed E-state index contributed by atoms with van der Waals surface area (Å²) >= 11 is 0. The fourth-order valence-corrected chi connectivity index (χ4v) is 1.17. The van der Waals surface area contributed by atoms with E-state index in [0.29, 0.717) is 0 Å². The van der Waals surface area contributed by atoms with Gasteiger partial charge in [0.1, 0.15) is 0 Å². The van der Waals surface area contributed by atoms with Crippen molar-refractivity contribution in [2.45, 2.75) is 13.0 Å². The van der Waals surface area contributed by atoms with E-state index in [1.54, 1.807) is 10.9 Å². The molecule has 5 nitrogen and oxygen atoms in total. The molecule has 0 spiro atoms. The van der Waals surface area contributed by atoms with Crippen molar-refractivity contribution in [3.8, 4) is 0 Å². The highest BCUT2D eigenvalue weighted by Crippen LogP contribution is 2.08. The van der Waals surface area contributed by atoms with Gasteiger partial charge in [-0.25, -0.2) is 0 Å². The quantitative estimate of drug-likeness (QED) is 0.662. The largest absolute Gasteiger partial charge is 0.369 e. The number of hydrogen-bond acceptors (Lipinski definition) is 3. The molecule has 0 bridgehead atoms. The molecule has 0 radical (unpaired) electrons. The molecule has 1 heterocycles. The molecule has 0 fully saturated rings. The Balaban J connectivity index is 2.53. The number of nitrogens with zero attached hydrogens (tertiary/aromatic N) is 2. The number of nitrogens with two attached hydrogens (primary N) is 1. The van der Waals surface area contributed by atoms with E-state index < -0.39 is 0 Å². The third-order valence-electron chi connectivity index (χ3n) is 1.88. The summed E-state index contributed by atoms with van der Waals surface area (Å²) in [4.78, 5) is 10.5. The van der Waals surface area contributed by atoms with Gasteiger partial charge in [0.2, 0.25) is 5.91 Å². The van der Waals surface area contributed by atoms with Crippen molar-refractivity contribution in [3.63, 3.8) is 0 Å². The van der Waals surface area contributed by atoms with Crippen LogP contribution in [0.3, 0.4) is 0 Å². The summed E-state index contributed by atoms with van der Waals surface area (Å²) in [5.41, 5.74) is 6.04. The number of primary amides is 1. The molecule has 0 aliphatic heterocycles. The molecule has 13 heavy (non-hydrogen) atoms. The molecule has 0 aliphatic rings. The molecule has 3 N–H and O–H groups in total. The number of hydrogen-bond donors (Lipinski definition) is 2. The lowest BCUT2D eigenvalue weighted by molar-refractivity contribution is -0.117. The topological polar surface area (TPSA) is 72.9 Å². The van der Waals surface area contributed by atoms with Crippen molar-refractivity contribution in [2.75, 3.05) is 6.54 Å². The van der Waals surface area contributed by atoms with Gasteiger partial charge in [0.15, 0.2) is 0 Å². The van der Waals surface area contributed by atoms with Crippen LogP contribution in [0.15, 0.2) is 12.3 Å². The Hall–Kier alpha value is -1.36. The maximum Gasteiger partial charge on any atom is 0.231 e. The van der Waals surface area contributed by atoms with Gasteiger partial charge >= 0.3 is 0 Å². The Kier molecular flexibility index (Phi) is 3.02. The van der Waals surface area contributed by atoms with E-state index in [1.165, 1.54) is 0 Å². The first kappa shape index (κ1) is 9.73. The lowest BCUT2D eigenvalue weighted by atomic mass is 10.2. The first-order chi connectivity index (χ1) is 6.11. The van der Waals surface area contributed by atoms with Gasteiger partial charge in [-0.3, -0.25) is 9.48 Å². The van der Waals surface area contributed by atoms with Crippen LogP contribution in [-0.2, 0) is 11.8 Å². The number of rotatable bonds is 4. The molecule has 0 saturated carbocycles. The number of carbonyl (C=O) groups is 1. The zero-order valence-corrected chi connectivity index (χ0v) is 7.82. The van der Waals surface area contributed by atoms with Crippen LogP contribution in [0.5, 0.6) is 0 Å². The van der Waals surface area contributed by atoms with E-state index in [4.69, 9.17) is 5.73 Å².